The highest BCUT2D eigenvalue weighted by Crippen LogP contribution is 2.35. The molecule has 2 aliphatic rings. The highest BCUT2D eigenvalue weighted by atomic mass is 32.1. The van der Waals surface area contributed by atoms with E-state index in [0.717, 1.165) is 17.9 Å². The van der Waals surface area contributed by atoms with Crippen LogP contribution in [0.4, 0.5) is 10.5 Å². The van der Waals surface area contributed by atoms with Gasteiger partial charge in [-0.2, -0.15) is 5.01 Å². The standard InChI is InChI=1S/C21H22N4O4S/c1-13-8-10-21(11-9-13)19(28)25(20(29)23-21)24-17(26)14-4-6-15(7-5-14)22-18(27)16-3-2-12-30-16/h2-7,12-13H,8-11H2,1H3,(H,22,27)(H,23,29)(H,24,26). The summed E-state index contributed by atoms with van der Waals surface area (Å²) in [5, 5.41) is 8.12. The van der Waals surface area contributed by atoms with Crippen LogP contribution in [0.1, 0.15) is 52.6 Å². The van der Waals surface area contributed by atoms with Crippen molar-refractivity contribution < 1.29 is 19.2 Å². The van der Waals surface area contributed by atoms with Crippen LogP contribution < -0.4 is 16.1 Å². The maximum Gasteiger partial charge on any atom is 0.344 e. The number of hydrogen-bond acceptors (Lipinski definition) is 5. The van der Waals surface area contributed by atoms with Crippen LogP contribution in [0.5, 0.6) is 0 Å². The van der Waals surface area contributed by atoms with Crippen LogP contribution in [-0.4, -0.2) is 34.3 Å². The van der Waals surface area contributed by atoms with Gasteiger partial charge in [-0.15, -0.1) is 11.3 Å². The van der Waals surface area contributed by atoms with Crippen molar-refractivity contribution in [3.05, 3.63) is 52.2 Å². The van der Waals surface area contributed by atoms with Crippen molar-refractivity contribution in [1.29, 1.82) is 0 Å². The summed E-state index contributed by atoms with van der Waals surface area (Å²) in [6.45, 7) is 2.13. The van der Waals surface area contributed by atoms with Crippen molar-refractivity contribution in [3.63, 3.8) is 0 Å². The summed E-state index contributed by atoms with van der Waals surface area (Å²) in [6, 6.07) is 9.14. The Morgan fingerprint density at radius 3 is 2.43 bits per heavy atom. The van der Waals surface area contributed by atoms with Gasteiger partial charge in [0, 0.05) is 11.3 Å². The molecule has 1 aromatic heterocycles. The fraction of sp³-hybridized carbons (Fsp3) is 0.333. The van der Waals surface area contributed by atoms with E-state index in [1.165, 1.54) is 23.5 Å². The SMILES string of the molecule is CC1CCC2(CC1)NC(=O)N(NC(=O)c1ccc(NC(=O)c3cccs3)cc1)C2=O. The van der Waals surface area contributed by atoms with Crippen LogP contribution in [0.15, 0.2) is 41.8 Å². The van der Waals surface area contributed by atoms with Crippen LogP contribution in [0, 0.1) is 5.92 Å². The minimum atomic E-state index is -0.910. The first-order valence-electron chi connectivity index (χ1n) is 9.80. The first-order chi connectivity index (χ1) is 14.4. The van der Waals surface area contributed by atoms with Gasteiger partial charge in [-0.05, 0) is 67.3 Å². The van der Waals surface area contributed by atoms with E-state index in [2.05, 4.69) is 23.0 Å². The van der Waals surface area contributed by atoms with E-state index < -0.39 is 23.4 Å². The lowest BCUT2D eigenvalue weighted by Crippen LogP contribution is -2.51. The average Bonchev–Trinajstić information content (AvgIpc) is 3.35. The van der Waals surface area contributed by atoms with Gasteiger partial charge in [0.1, 0.15) is 5.54 Å². The Bertz CT molecular complexity index is 979. The molecule has 2 aromatic rings. The molecule has 5 amide bonds. The first kappa shape index (κ1) is 20.1. The monoisotopic (exact) mass is 426 g/mol. The van der Waals surface area contributed by atoms with Gasteiger partial charge < -0.3 is 10.6 Å². The molecular formula is C21H22N4O4S. The van der Waals surface area contributed by atoms with Crippen LogP contribution in [0.3, 0.4) is 0 Å². The number of benzene rings is 1. The zero-order valence-electron chi connectivity index (χ0n) is 16.4. The van der Waals surface area contributed by atoms with Gasteiger partial charge in [-0.1, -0.05) is 13.0 Å². The lowest BCUT2D eigenvalue weighted by atomic mass is 9.77. The summed E-state index contributed by atoms with van der Waals surface area (Å²) >= 11 is 1.33. The van der Waals surface area contributed by atoms with E-state index >= 15 is 0 Å². The molecule has 1 aliphatic carbocycles. The van der Waals surface area contributed by atoms with Crippen molar-refractivity contribution in [2.45, 2.75) is 38.1 Å². The molecule has 0 atom stereocenters. The number of urea groups is 1. The number of carbonyl (C=O) groups is 4. The fourth-order valence-electron chi connectivity index (χ4n) is 3.79. The molecule has 8 nitrogen and oxygen atoms in total. The number of amides is 5. The van der Waals surface area contributed by atoms with E-state index in [9.17, 15) is 19.2 Å². The summed E-state index contributed by atoms with van der Waals surface area (Å²) in [7, 11) is 0. The van der Waals surface area contributed by atoms with E-state index in [-0.39, 0.29) is 11.5 Å². The van der Waals surface area contributed by atoms with Gasteiger partial charge in [0.2, 0.25) is 0 Å². The minimum absolute atomic E-state index is 0.228. The molecule has 1 saturated carbocycles. The van der Waals surface area contributed by atoms with Crippen LogP contribution in [0.25, 0.3) is 0 Å². The molecule has 1 saturated heterocycles. The number of rotatable bonds is 4. The Morgan fingerprint density at radius 1 is 1.10 bits per heavy atom. The van der Waals surface area contributed by atoms with Crippen LogP contribution in [0.2, 0.25) is 0 Å². The molecule has 2 fully saturated rings. The predicted octanol–water partition coefficient (Wildman–Crippen LogP) is 3.15. The Kier molecular flexibility index (Phi) is 5.29. The summed E-state index contributed by atoms with van der Waals surface area (Å²) in [4.78, 5) is 50.4. The molecule has 0 bridgehead atoms. The zero-order valence-corrected chi connectivity index (χ0v) is 17.3. The van der Waals surface area contributed by atoms with Crippen molar-refractivity contribution in [1.82, 2.24) is 15.8 Å². The molecular weight excluding hydrogens is 404 g/mol. The number of nitrogens with zero attached hydrogens (tertiary/aromatic N) is 1. The maximum atomic E-state index is 12.8. The van der Waals surface area contributed by atoms with E-state index in [1.54, 1.807) is 24.3 Å². The predicted molar refractivity (Wildman–Crippen MR) is 112 cm³/mol. The number of anilines is 1. The number of thiophene rings is 1. The maximum absolute atomic E-state index is 12.8. The van der Waals surface area contributed by atoms with E-state index in [4.69, 9.17) is 0 Å². The second kappa shape index (κ2) is 7.91. The van der Waals surface area contributed by atoms with Gasteiger partial charge in [0.25, 0.3) is 17.7 Å². The van der Waals surface area contributed by atoms with Gasteiger partial charge >= 0.3 is 6.03 Å². The average molecular weight is 426 g/mol. The Hall–Kier alpha value is -3.20. The van der Waals surface area contributed by atoms with E-state index in [0.29, 0.717) is 29.3 Å². The molecule has 2 heterocycles. The molecule has 1 aliphatic heterocycles. The lowest BCUT2D eigenvalue weighted by molar-refractivity contribution is -0.134. The van der Waals surface area contributed by atoms with Crippen molar-refractivity contribution in [3.8, 4) is 0 Å². The molecule has 0 unspecified atom stereocenters. The first-order valence-corrected chi connectivity index (χ1v) is 10.7. The highest BCUT2D eigenvalue weighted by molar-refractivity contribution is 7.12. The molecule has 30 heavy (non-hydrogen) atoms. The number of nitrogens with one attached hydrogen (secondary N) is 3. The lowest BCUT2D eigenvalue weighted by Gasteiger charge is -2.33. The van der Waals surface area contributed by atoms with Crippen LogP contribution in [-0.2, 0) is 4.79 Å². The molecule has 4 rings (SSSR count). The Balaban J connectivity index is 1.39. The van der Waals surface area contributed by atoms with Crippen LogP contribution >= 0.6 is 11.3 Å². The summed E-state index contributed by atoms with van der Waals surface area (Å²) in [5.74, 6) is -0.695. The normalized spacial score (nSPS) is 23.4. The Labute approximate surface area is 177 Å². The fourth-order valence-corrected chi connectivity index (χ4v) is 4.41. The Morgan fingerprint density at radius 2 is 1.80 bits per heavy atom. The molecule has 1 aromatic carbocycles. The number of hydrogen-bond donors (Lipinski definition) is 3. The van der Waals surface area contributed by atoms with Gasteiger partial charge in [-0.3, -0.25) is 19.8 Å². The van der Waals surface area contributed by atoms with Crippen molar-refractivity contribution >= 4 is 40.8 Å². The van der Waals surface area contributed by atoms with E-state index in [1.807, 2.05) is 5.38 Å². The number of imide groups is 1. The van der Waals surface area contributed by atoms with Gasteiger partial charge in [0.15, 0.2) is 0 Å². The zero-order chi connectivity index (χ0) is 21.3. The van der Waals surface area contributed by atoms with Gasteiger partial charge in [0.05, 0.1) is 4.88 Å². The molecule has 9 heteroatoms. The third kappa shape index (κ3) is 3.80. The quantitative estimate of drug-likeness (QED) is 0.653. The molecule has 1 spiro atoms. The number of hydrazine groups is 1. The van der Waals surface area contributed by atoms with Crippen molar-refractivity contribution in [2.75, 3.05) is 5.32 Å². The summed E-state index contributed by atoms with van der Waals surface area (Å²) in [6.07, 6.45) is 2.85. The smallest absolute Gasteiger partial charge is 0.322 e. The summed E-state index contributed by atoms with van der Waals surface area (Å²) < 4.78 is 0. The third-order valence-electron chi connectivity index (χ3n) is 5.65. The number of carbonyl (C=O) groups excluding carboxylic acids is 4. The molecule has 3 N–H and O–H groups in total. The molecule has 0 radical (unpaired) electrons. The molecule has 156 valence electrons. The second-order valence-electron chi connectivity index (χ2n) is 7.79. The highest BCUT2D eigenvalue weighted by Gasteiger charge is 2.52. The topological polar surface area (TPSA) is 108 Å². The largest absolute Gasteiger partial charge is 0.344 e. The van der Waals surface area contributed by atoms with Crippen molar-refractivity contribution in [2.24, 2.45) is 5.92 Å². The van der Waals surface area contributed by atoms with Gasteiger partial charge in [-0.25, -0.2) is 4.79 Å². The summed E-state index contributed by atoms with van der Waals surface area (Å²) in [5.41, 5.74) is 2.30. The second-order valence-corrected chi connectivity index (χ2v) is 8.73. The third-order valence-corrected chi connectivity index (χ3v) is 6.52. The minimum Gasteiger partial charge on any atom is -0.322 e.